The highest BCUT2D eigenvalue weighted by molar-refractivity contribution is 5.97. The van der Waals surface area contributed by atoms with Crippen LogP contribution in [0.1, 0.15) is 66.9 Å². The number of amides is 1. The summed E-state index contributed by atoms with van der Waals surface area (Å²) < 4.78 is 14.7. The van der Waals surface area contributed by atoms with Crippen LogP contribution in [-0.4, -0.2) is 46.6 Å². The number of carbonyl (C=O) groups excluding carboxylic acids is 1. The molecule has 1 amide bonds. The van der Waals surface area contributed by atoms with Crippen molar-refractivity contribution in [1.82, 2.24) is 14.9 Å². The summed E-state index contributed by atoms with van der Waals surface area (Å²) in [5, 5.41) is 3.82. The van der Waals surface area contributed by atoms with E-state index in [-0.39, 0.29) is 17.6 Å². The quantitative estimate of drug-likeness (QED) is 0.353. The average Bonchev–Trinajstić information content (AvgIpc) is 3.26. The third-order valence-electron chi connectivity index (χ3n) is 5.78. The molecule has 2 aromatic heterocycles. The molecule has 202 valence electrons. The Morgan fingerprint density at radius 3 is 2.35 bits per heavy atom. The lowest BCUT2D eigenvalue weighted by Crippen LogP contribution is -2.36. The minimum atomic E-state index is -0.347. The highest BCUT2D eigenvalue weighted by Gasteiger charge is 2.23. The summed E-state index contributed by atoms with van der Waals surface area (Å²) >= 11 is 0. The topological polar surface area (TPSA) is 73.4 Å². The molecule has 1 aliphatic heterocycles. The first-order valence-electron chi connectivity index (χ1n) is 13.3. The number of aromatic nitrogens is 2. The number of aromatic amines is 1. The van der Waals surface area contributed by atoms with Crippen LogP contribution >= 0.6 is 0 Å². The van der Waals surface area contributed by atoms with Crippen LogP contribution in [0.5, 0.6) is 0 Å². The highest BCUT2D eigenvalue weighted by Crippen LogP contribution is 2.34. The van der Waals surface area contributed by atoms with E-state index in [2.05, 4.69) is 53.0 Å². The number of aryl methyl sites for hydroxylation is 1. The van der Waals surface area contributed by atoms with E-state index < -0.39 is 0 Å². The molecule has 1 saturated heterocycles. The van der Waals surface area contributed by atoms with Gasteiger partial charge in [0.25, 0.3) is 0 Å². The van der Waals surface area contributed by atoms with Crippen molar-refractivity contribution in [1.29, 1.82) is 0 Å². The van der Waals surface area contributed by atoms with E-state index in [1.807, 2.05) is 52.9 Å². The van der Waals surface area contributed by atoms with Crippen LogP contribution in [0.2, 0.25) is 0 Å². The monoisotopic (exact) mass is 509 g/mol. The molecule has 6 nitrogen and oxygen atoms in total. The van der Waals surface area contributed by atoms with E-state index in [0.29, 0.717) is 17.2 Å². The van der Waals surface area contributed by atoms with Crippen LogP contribution in [0.4, 0.5) is 15.9 Å². The normalized spacial score (nSPS) is 13.9. The molecule has 3 heterocycles. The zero-order chi connectivity index (χ0) is 27.7. The largest absolute Gasteiger partial charge is 0.345 e. The number of halogens is 1. The average molecular weight is 510 g/mol. The number of likely N-dealkylation sites (tertiary alicyclic amines) is 1. The second kappa shape index (κ2) is 14.0. The molecule has 0 saturated carbocycles. The second-order valence-electron chi connectivity index (χ2n) is 10.3. The van der Waals surface area contributed by atoms with Crippen molar-refractivity contribution in [2.75, 3.05) is 25.5 Å². The summed E-state index contributed by atoms with van der Waals surface area (Å²) in [6.45, 7) is 17.9. The SMILES string of the molecule is CC.CC(C)=Nc1c(C)cc(-c2c[nH]c3nc(NC(=O)C4CCN(C)CC4)ccc23)cc1F.CC(C)C. The van der Waals surface area contributed by atoms with Crippen LogP contribution in [-0.2, 0) is 4.79 Å². The lowest BCUT2D eigenvalue weighted by Gasteiger charge is -2.27. The van der Waals surface area contributed by atoms with Crippen LogP contribution in [0.15, 0.2) is 35.5 Å². The maximum atomic E-state index is 14.7. The smallest absolute Gasteiger partial charge is 0.228 e. The molecule has 0 aliphatic carbocycles. The zero-order valence-corrected chi connectivity index (χ0v) is 24.0. The Labute approximate surface area is 221 Å². The van der Waals surface area contributed by atoms with Gasteiger partial charge in [0, 0.05) is 28.8 Å². The number of aliphatic imine (C=N–C) groups is 1. The van der Waals surface area contributed by atoms with Crippen molar-refractivity contribution < 1.29 is 9.18 Å². The fourth-order valence-electron chi connectivity index (χ4n) is 4.07. The van der Waals surface area contributed by atoms with Crippen molar-refractivity contribution in [2.45, 2.75) is 68.2 Å². The van der Waals surface area contributed by atoms with Gasteiger partial charge in [0.2, 0.25) is 5.91 Å². The molecule has 1 aliphatic rings. The van der Waals surface area contributed by atoms with Gasteiger partial charge < -0.3 is 15.2 Å². The molecule has 0 radical (unpaired) electrons. The molecular formula is C30H44FN5O. The van der Waals surface area contributed by atoms with E-state index in [9.17, 15) is 9.18 Å². The van der Waals surface area contributed by atoms with Gasteiger partial charge in [-0.2, -0.15) is 0 Å². The van der Waals surface area contributed by atoms with Gasteiger partial charge in [-0.15, -0.1) is 0 Å². The van der Waals surface area contributed by atoms with Crippen molar-refractivity contribution in [3.05, 3.63) is 41.8 Å². The number of rotatable bonds is 4. The lowest BCUT2D eigenvalue weighted by molar-refractivity contribution is -0.121. The summed E-state index contributed by atoms with van der Waals surface area (Å²) in [5.41, 5.74) is 4.24. The fraction of sp³-hybridized carbons (Fsp3) is 0.500. The summed E-state index contributed by atoms with van der Waals surface area (Å²) in [6, 6.07) is 7.15. The van der Waals surface area contributed by atoms with Gasteiger partial charge in [0.05, 0.1) is 0 Å². The molecule has 3 aromatic rings. The van der Waals surface area contributed by atoms with Gasteiger partial charge in [-0.3, -0.25) is 9.79 Å². The number of anilines is 1. The van der Waals surface area contributed by atoms with E-state index in [4.69, 9.17) is 0 Å². The molecule has 2 N–H and O–H groups in total. The van der Waals surface area contributed by atoms with Crippen LogP contribution in [0, 0.1) is 24.6 Å². The van der Waals surface area contributed by atoms with Gasteiger partial charge in [-0.05, 0) is 95.1 Å². The minimum absolute atomic E-state index is 0.0202. The number of piperidine rings is 1. The zero-order valence-electron chi connectivity index (χ0n) is 24.0. The molecule has 1 fully saturated rings. The summed E-state index contributed by atoms with van der Waals surface area (Å²) in [6.07, 6.45) is 3.54. The first kappa shape index (κ1) is 30.2. The molecule has 0 spiro atoms. The molecular weight excluding hydrogens is 465 g/mol. The van der Waals surface area contributed by atoms with Crippen molar-refractivity contribution >= 4 is 34.2 Å². The number of fused-ring (bicyclic) bond motifs is 1. The molecule has 4 rings (SSSR count). The van der Waals surface area contributed by atoms with E-state index in [1.165, 1.54) is 6.07 Å². The molecule has 0 unspecified atom stereocenters. The molecule has 7 heteroatoms. The Balaban J connectivity index is 0.000000733. The predicted molar refractivity (Wildman–Crippen MR) is 155 cm³/mol. The Morgan fingerprint density at radius 1 is 1.16 bits per heavy atom. The standard InChI is InChI=1S/C24H28FN5O.C4H10.C2H6/c1-14(2)27-22-15(3)11-17(12-20(22)25)19-13-26-23-18(19)5-6-21(28-23)29-24(31)16-7-9-30(4)10-8-16;1-4(2)3;1-2/h5-6,11-13,16H,7-10H2,1-4H3,(H2,26,28,29,31);4H,1-3H3;1-2H3. The van der Waals surface area contributed by atoms with Crippen LogP contribution in [0.3, 0.4) is 0 Å². The van der Waals surface area contributed by atoms with Crippen molar-refractivity contribution in [3.63, 3.8) is 0 Å². The third kappa shape index (κ3) is 8.49. The second-order valence-corrected chi connectivity index (χ2v) is 10.3. The summed E-state index contributed by atoms with van der Waals surface area (Å²) in [4.78, 5) is 26.8. The Morgan fingerprint density at radius 2 is 1.78 bits per heavy atom. The summed E-state index contributed by atoms with van der Waals surface area (Å²) in [7, 11) is 2.07. The number of nitrogens with one attached hydrogen (secondary N) is 2. The Kier molecular flexibility index (Phi) is 11.4. The van der Waals surface area contributed by atoms with Gasteiger partial charge in [0.15, 0.2) is 0 Å². The molecule has 0 atom stereocenters. The highest BCUT2D eigenvalue weighted by atomic mass is 19.1. The fourth-order valence-corrected chi connectivity index (χ4v) is 4.07. The number of pyridine rings is 1. The van der Waals surface area contributed by atoms with Crippen LogP contribution in [0.25, 0.3) is 22.2 Å². The first-order chi connectivity index (χ1) is 17.5. The number of benzene rings is 1. The predicted octanol–water partition coefficient (Wildman–Crippen LogP) is 7.76. The van der Waals surface area contributed by atoms with E-state index in [0.717, 1.165) is 59.6 Å². The lowest BCUT2D eigenvalue weighted by atomic mass is 9.96. The summed E-state index contributed by atoms with van der Waals surface area (Å²) in [5.74, 6) is 1.05. The number of carbonyl (C=O) groups is 1. The van der Waals surface area contributed by atoms with Crippen molar-refractivity contribution in [2.24, 2.45) is 16.8 Å². The number of nitrogens with zero attached hydrogens (tertiary/aromatic N) is 3. The Bertz CT molecular complexity index is 1180. The maximum Gasteiger partial charge on any atom is 0.228 e. The van der Waals surface area contributed by atoms with E-state index >= 15 is 0 Å². The third-order valence-corrected chi connectivity index (χ3v) is 5.78. The van der Waals surface area contributed by atoms with Gasteiger partial charge in [0.1, 0.15) is 23.0 Å². The molecule has 1 aromatic carbocycles. The van der Waals surface area contributed by atoms with Crippen LogP contribution < -0.4 is 5.32 Å². The maximum absolute atomic E-state index is 14.7. The van der Waals surface area contributed by atoms with Gasteiger partial charge in [-0.1, -0.05) is 34.6 Å². The van der Waals surface area contributed by atoms with E-state index in [1.54, 1.807) is 6.07 Å². The Hall–Kier alpha value is -3.06. The van der Waals surface area contributed by atoms with Gasteiger partial charge in [-0.25, -0.2) is 9.37 Å². The number of hydrogen-bond donors (Lipinski definition) is 2. The van der Waals surface area contributed by atoms with Gasteiger partial charge >= 0.3 is 0 Å². The minimum Gasteiger partial charge on any atom is -0.345 e. The van der Waals surface area contributed by atoms with Crippen molar-refractivity contribution in [3.8, 4) is 11.1 Å². The molecule has 37 heavy (non-hydrogen) atoms. The molecule has 0 bridgehead atoms. The first-order valence-corrected chi connectivity index (χ1v) is 13.3. The number of H-pyrrole nitrogens is 1. The number of hydrogen-bond acceptors (Lipinski definition) is 4.